The lowest BCUT2D eigenvalue weighted by Crippen LogP contribution is -2.05. The third-order valence-electron chi connectivity index (χ3n) is 3.50. The van der Waals surface area contributed by atoms with Crippen LogP contribution in [0.15, 0.2) is 54.9 Å². The third kappa shape index (κ3) is 4.91. The molecule has 128 valence electrons. The lowest BCUT2D eigenvalue weighted by Gasteiger charge is -2.11. The van der Waals surface area contributed by atoms with Gasteiger partial charge in [0.2, 0.25) is 0 Å². The number of anilines is 3. The van der Waals surface area contributed by atoms with Crippen molar-refractivity contribution in [3.8, 4) is 5.75 Å². The number of pyridine rings is 1. The summed E-state index contributed by atoms with van der Waals surface area (Å²) in [5.74, 6) is 3.08. The van der Waals surface area contributed by atoms with Crippen LogP contribution in [0.5, 0.6) is 5.75 Å². The average molecular weight is 335 g/mol. The van der Waals surface area contributed by atoms with Gasteiger partial charge in [-0.1, -0.05) is 0 Å². The molecule has 0 spiro atoms. The maximum Gasteiger partial charge on any atom is 0.136 e. The molecule has 2 N–H and O–H groups in total. The van der Waals surface area contributed by atoms with Gasteiger partial charge < -0.3 is 15.4 Å². The fourth-order valence-electron chi connectivity index (χ4n) is 2.36. The Morgan fingerprint density at radius 2 is 1.68 bits per heavy atom. The van der Waals surface area contributed by atoms with Gasteiger partial charge in [-0.2, -0.15) is 0 Å². The topological polar surface area (TPSA) is 72.0 Å². The van der Waals surface area contributed by atoms with Crippen LogP contribution in [-0.2, 0) is 6.54 Å². The summed E-state index contributed by atoms with van der Waals surface area (Å²) in [5, 5.41) is 6.61. The van der Waals surface area contributed by atoms with Gasteiger partial charge in [-0.25, -0.2) is 9.97 Å². The van der Waals surface area contributed by atoms with E-state index in [1.54, 1.807) is 12.4 Å². The number of nitrogens with one attached hydrogen (secondary N) is 2. The van der Waals surface area contributed by atoms with Crippen molar-refractivity contribution in [1.29, 1.82) is 0 Å². The molecule has 0 aliphatic carbocycles. The number of rotatable bonds is 7. The Morgan fingerprint density at radius 1 is 0.960 bits per heavy atom. The van der Waals surface area contributed by atoms with Gasteiger partial charge in [0.25, 0.3) is 0 Å². The second-order valence-electron chi connectivity index (χ2n) is 5.48. The fraction of sp³-hybridized carbons (Fsp3) is 0.211. The Balaban J connectivity index is 1.68. The van der Waals surface area contributed by atoms with Gasteiger partial charge in [-0.05, 0) is 55.8 Å². The van der Waals surface area contributed by atoms with Crippen molar-refractivity contribution in [1.82, 2.24) is 15.0 Å². The number of hydrogen-bond acceptors (Lipinski definition) is 6. The molecule has 25 heavy (non-hydrogen) atoms. The molecule has 3 aromatic rings. The highest BCUT2D eigenvalue weighted by atomic mass is 16.5. The van der Waals surface area contributed by atoms with Crippen molar-refractivity contribution in [3.63, 3.8) is 0 Å². The highest BCUT2D eigenvalue weighted by Crippen LogP contribution is 2.20. The normalized spacial score (nSPS) is 10.3. The van der Waals surface area contributed by atoms with E-state index in [0.717, 1.165) is 28.6 Å². The van der Waals surface area contributed by atoms with E-state index >= 15 is 0 Å². The maximum absolute atomic E-state index is 5.46. The monoisotopic (exact) mass is 335 g/mol. The lowest BCUT2D eigenvalue weighted by atomic mass is 10.3. The standard InChI is InChI=1S/C19H21N5O/c1-3-25-17-6-4-16(5-7-17)24-19-12-18(22-14(2)23-19)21-13-15-8-10-20-11-9-15/h4-12H,3,13H2,1-2H3,(H2,21,22,23,24). The van der Waals surface area contributed by atoms with E-state index in [1.165, 1.54) is 0 Å². The minimum Gasteiger partial charge on any atom is -0.494 e. The summed E-state index contributed by atoms with van der Waals surface area (Å²) in [6.07, 6.45) is 3.56. The second kappa shape index (κ2) is 8.10. The SMILES string of the molecule is CCOc1ccc(Nc2cc(NCc3ccncc3)nc(C)n2)cc1. The molecule has 0 radical (unpaired) electrons. The van der Waals surface area contributed by atoms with E-state index in [9.17, 15) is 0 Å². The molecule has 1 aromatic carbocycles. The number of aromatic nitrogens is 3. The molecule has 0 atom stereocenters. The molecular weight excluding hydrogens is 314 g/mol. The van der Waals surface area contributed by atoms with E-state index in [0.29, 0.717) is 19.0 Å². The Labute approximate surface area is 147 Å². The Morgan fingerprint density at radius 3 is 2.40 bits per heavy atom. The summed E-state index contributed by atoms with van der Waals surface area (Å²) in [6.45, 7) is 5.18. The van der Waals surface area contributed by atoms with Crippen LogP contribution in [0.3, 0.4) is 0 Å². The zero-order valence-electron chi connectivity index (χ0n) is 14.4. The Bertz CT molecular complexity index is 806. The van der Waals surface area contributed by atoms with Gasteiger partial charge in [0.15, 0.2) is 0 Å². The molecular formula is C19H21N5O. The van der Waals surface area contributed by atoms with Gasteiger partial charge >= 0.3 is 0 Å². The van der Waals surface area contributed by atoms with Gasteiger partial charge in [-0.3, -0.25) is 4.98 Å². The maximum atomic E-state index is 5.46. The zero-order valence-corrected chi connectivity index (χ0v) is 14.4. The first-order chi connectivity index (χ1) is 12.2. The van der Waals surface area contributed by atoms with Gasteiger partial charge in [0, 0.05) is 30.7 Å². The number of ether oxygens (including phenoxy) is 1. The number of benzene rings is 1. The molecule has 0 amide bonds. The van der Waals surface area contributed by atoms with E-state index in [1.807, 2.05) is 56.3 Å². The Kier molecular flexibility index (Phi) is 5.41. The molecule has 6 nitrogen and oxygen atoms in total. The van der Waals surface area contributed by atoms with E-state index in [-0.39, 0.29) is 0 Å². The molecule has 2 aromatic heterocycles. The van der Waals surface area contributed by atoms with Crippen LogP contribution in [0.4, 0.5) is 17.3 Å². The summed E-state index contributed by atoms with van der Waals surface area (Å²) in [5.41, 5.74) is 2.09. The van der Waals surface area contributed by atoms with Crippen LogP contribution in [0.1, 0.15) is 18.3 Å². The van der Waals surface area contributed by atoms with E-state index in [4.69, 9.17) is 4.74 Å². The van der Waals surface area contributed by atoms with E-state index in [2.05, 4.69) is 25.6 Å². The van der Waals surface area contributed by atoms with Crippen LogP contribution in [0, 0.1) is 6.92 Å². The highest BCUT2D eigenvalue weighted by molar-refractivity contribution is 5.60. The summed E-state index contributed by atoms with van der Waals surface area (Å²) in [6, 6.07) is 13.6. The summed E-state index contributed by atoms with van der Waals surface area (Å²) < 4.78 is 5.46. The largest absolute Gasteiger partial charge is 0.494 e. The molecule has 6 heteroatoms. The third-order valence-corrected chi connectivity index (χ3v) is 3.50. The first-order valence-electron chi connectivity index (χ1n) is 8.21. The van der Waals surface area contributed by atoms with Crippen LogP contribution in [-0.4, -0.2) is 21.6 Å². The van der Waals surface area contributed by atoms with Gasteiger partial charge in [0.05, 0.1) is 6.61 Å². The van der Waals surface area contributed by atoms with Crippen LogP contribution in [0.2, 0.25) is 0 Å². The first kappa shape index (κ1) is 16.7. The Hall–Kier alpha value is -3.15. The van der Waals surface area contributed by atoms with Crippen LogP contribution >= 0.6 is 0 Å². The van der Waals surface area contributed by atoms with Gasteiger partial charge in [0.1, 0.15) is 23.2 Å². The van der Waals surface area contributed by atoms with Crippen molar-refractivity contribution in [2.24, 2.45) is 0 Å². The fourth-order valence-corrected chi connectivity index (χ4v) is 2.36. The van der Waals surface area contributed by atoms with Crippen molar-refractivity contribution in [2.45, 2.75) is 20.4 Å². The average Bonchev–Trinajstić information content (AvgIpc) is 2.62. The molecule has 0 aliphatic rings. The zero-order chi connectivity index (χ0) is 17.5. The predicted molar refractivity (Wildman–Crippen MR) is 99.2 cm³/mol. The second-order valence-corrected chi connectivity index (χ2v) is 5.48. The minimum absolute atomic E-state index is 0.657. The van der Waals surface area contributed by atoms with Crippen molar-refractivity contribution in [2.75, 3.05) is 17.2 Å². The van der Waals surface area contributed by atoms with Crippen molar-refractivity contribution in [3.05, 3.63) is 66.2 Å². The molecule has 0 saturated heterocycles. The molecule has 0 saturated carbocycles. The van der Waals surface area contributed by atoms with Crippen molar-refractivity contribution >= 4 is 17.3 Å². The smallest absolute Gasteiger partial charge is 0.136 e. The first-order valence-corrected chi connectivity index (χ1v) is 8.21. The number of aryl methyl sites for hydroxylation is 1. The molecule has 0 aliphatic heterocycles. The predicted octanol–water partition coefficient (Wildman–Crippen LogP) is 3.93. The van der Waals surface area contributed by atoms with Crippen LogP contribution in [0.25, 0.3) is 0 Å². The van der Waals surface area contributed by atoms with Crippen LogP contribution < -0.4 is 15.4 Å². The molecule has 2 heterocycles. The lowest BCUT2D eigenvalue weighted by molar-refractivity contribution is 0.340. The molecule has 0 bridgehead atoms. The summed E-state index contributed by atoms with van der Waals surface area (Å²) >= 11 is 0. The molecule has 0 unspecified atom stereocenters. The molecule has 3 rings (SSSR count). The van der Waals surface area contributed by atoms with Crippen molar-refractivity contribution < 1.29 is 4.74 Å². The highest BCUT2D eigenvalue weighted by Gasteiger charge is 2.03. The number of nitrogens with zero attached hydrogens (tertiary/aromatic N) is 3. The number of hydrogen-bond donors (Lipinski definition) is 2. The minimum atomic E-state index is 0.657. The summed E-state index contributed by atoms with van der Waals surface area (Å²) in [4.78, 5) is 12.9. The molecule has 0 fully saturated rings. The summed E-state index contributed by atoms with van der Waals surface area (Å²) in [7, 11) is 0. The quantitative estimate of drug-likeness (QED) is 0.681. The van der Waals surface area contributed by atoms with Gasteiger partial charge in [-0.15, -0.1) is 0 Å². The van der Waals surface area contributed by atoms with E-state index < -0.39 is 0 Å².